The minimum absolute atomic E-state index is 0.0475. The number of sulfonamides is 1. The van der Waals surface area contributed by atoms with Crippen molar-refractivity contribution in [2.75, 3.05) is 18.5 Å². The number of rotatable bonds is 5. The second-order valence-corrected chi connectivity index (χ2v) is 9.37. The largest absolute Gasteiger partial charge is 0.295 e. The standard InChI is InChI=1S/C18H26N4O4S/c1-13-6-5-7-14(2)18(13)20-19-16-9-8-15(12-17(16)22(23)24)27(25,26)21-10-3-4-11-21/h8-9,12-14,19H,3-7,10-11H2,1-2H3/t13-,14-/m1/s1. The van der Waals surface area contributed by atoms with Gasteiger partial charge in [0.1, 0.15) is 5.69 Å². The van der Waals surface area contributed by atoms with E-state index in [2.05, 4.69) is 24.4 Å². The molecule has 1 aliphatic carbocycles. The predicted octanol–water partition coefficient (Wildman–Crippen LogP) is 3.60. The first-order valence-electron chi connectivity index (χ1n) is 9.43. The number of hydrogen-bond acceptors (Lipinski definition) is 6. The summed E-state index contributed by atoms with van der Waals surface area (Å²) in [6.45, 7) is 5.13. The van der Waals surface area contributed by atoms with Crippen LogP contribution in [0.2, 0.25) is 0 Å². The third-order valence-electron chi connectivity index (χ3n) is 5.46. The van der Waals surface area contributed by atoms with E-state index in [4.69, 9.17) is 0 Å². The Labute approximate surface area is 159 Å². The summed E-state index contributed by atoms with van der Waals surface area (Å²) < 4.78 is 26.7. The molecule has 2 atom stereocenters. The molecule has 1 N–H and O–H groups in total. The van der Waals surface area contributed by atoms with Gasteiger partial charge < -0.3 is 0 Å². The number of benzene rings is 1. The maximum Gasteiger partial charge on any atom is 0.295 e. The van der Waals surface area contributed by atoms with Crippen molar-refractivity contribution in [3.8, 4) is 0 Å². The van der Waals surface area contributed by atoms with Gasteiger partial charge >= 0.3 is 0 Å². The Hall–Kier alpha value is -2.00. The summed E-state index contributed by atoms with van der Waals surface area (Å²) >= 11 is 0. The number of nitrogens with one attached hydrogen (secondary N) is 1. The smallest absolute Gasteiger partial charge is 0.272 e. The highest BCUT2D eigenvalue weighted by Crippen LogP contribution is 2.31. The number of hydrazone groups is 1. The van der Waals surface area contributed by atoms with Crippen molar-refractivity contribution in [3.63, 3.8) is 0 Å². The first kappa shape index (κ1) is 19.8. The quantitative estimate of drug-likeness (QED) is 0.607. The van der Waals surface area contributed by atoms with Gasteiger partial charge in [0.15, 0.2) is 0 Å². The molecule has 2 fully saturated rings. The van der Waals surface area contributed by atoms with Crippen molar-refractivity contribution in [3.05, 3.63) is 28.3 Å². The Morgan fingerprint density at radius 3 is 2.37 bits per heavy atom. The van der Waals surface area contributed by atoms with Gasteiger partial charge in [-0.05, 0) is 49.7 Å². The molecule has 1 heterocycles. The molecule has 148 valence electrons. The maximum atomic E-state index is 12.7. The van der Waals surface area contributed by atoms with E-state index in [9.17, 15) is 18.5 Å². The molecule has 0 aromatic heterocycles. The van der Waals surface area contributed by atoms with Crippen LogP contribution in [0, 0.1) is 22.0 Å². The fourth-order valence-electron chi connectivity index (χ4n) is 3.85. The molecule has 1 aromatic rings. The second kappa shape index (κ2) is 7.93. The topological polar surface area (TPSA) is 105 Å². The van der Waals surface area contributed by atoms with E-state index in [1.165, 1.54) is 16.4 Å². The summed E-state index contributed by atoms with van der Waals surface area (Å²) in [5.41, 5.74) is 3.74. The van der Waals surface area contributed by atoms with Gasteiger partial charge in [-0.25, -0.2) is 8.42 Å². The molecule has 1 aliphatic heterocycles. The van der Waals surface area contributed by atoms with Crippen molar-refractivity contribution in [2.45, 2.75) is 50.8 Å². The van der Waals surface area contributed by atoms with Gasteiger partial charge in [-0.2, -0.15) is 9.41 Å². The van der Waals surface area contributed by atoms with Gasteiger partial charge in [-0.1, -0.05) is 20.3 Å². The molecule has 27 heavy (non-hydrogen) atoms. The van der Waals surface area contributed by atoms with E-state index in [1.807, 2.05) is 0 Å². The minimum atomic E-state index is -3.70. The van der Waals surface area contributed by atoms with Crippen molar-refractivity contribution in [1.29, 1.82) is 0 Å². The lowest BCUT2D eigenvalue weighted by Gasteiger charge is -2.26. The average molecular weight is 394 g/mol. The van der Waals surface area contributed by atoms with E-state index in [-0.39, 0.29) is 16.3 Å². The predicted molar refractivity (Wildman–Crippen MR) is 104 cm³/mol. The normalized spacial score (nSPS) is 24.0. The number of nitrogens with zero attached hydrogens (tertiary/aromatic N) is 3. The lowest BCUT2D eigenvalue weighted by molar-refractivity contribution is -0.384. The van der Waals surface area contributed by atoms with Crippen molar-refractivity contribution < 1.29 is 13.3 Å². The van der Waals surface area contributed by atoms with E-state index in [0.29, 0.717) is 24.9 Å². The van der Waals surface area contributed by atoms with Gasteiger partial charge in [0.2, 0.25) is 10.0 Å². The van der Waals surface area contributed by atoms with Crippen LogP contribution in [0.4, 0.5) is 11.4 Å². The molecular formula is C18H26N4O4S. The minimum Gasteiger partial charge on any atom is -0.272 e. The van der Waals surface area contributed by atoms with E-state index >= 15 is 0 Å². The van der Waals surface area contributed by atoms with Crippen LogP contribution in [-0.4, -0.2) is 36.4 Å². The molecule has 9 heteroatoms. The van der Waals surface area contributed by atoms with Gasteiger partial charge in [0.05, 0.1) is 9.82 Å². The Bertz CT molecular complexity index is 835. The highest BCUT2D eigenvalue weighted by molar-refractivity contribution is 7.89. The van der Waals surface area contributed by atoms with Gasteiger partial charge in [0, 0.05) is 24.9 Å². The molecule has 1 aromatic carbocycles. The van der Waals surface area contributed by atoms with Crippen LogP contribution in [0.15, 0.2) is 28.2 Å². The Morgan fingerprint density at radius 1 is 1.15 bits per heavy atom. The van der Waals surface area contributed by atoms with Crippen LogP contribution in [0.1, 0.15) is 46.0 Å². The average Bonchev–Trinajstić information content (AvgIpc) is 3.16. The molecule has 3 rings (SSSR count). The highest BCUT2D eigenvalue weighted by atomic mass is 32.2. The zero-order valence-electron chi connectivity index (χ0n) is 15.7. The van der Waals surface area contributed by atoms with Gasteiger partial charge in [-0.15, -0.1) is 0 Å². The van der Waals surface area contributed by atoms with Crippen LogP contribution < -0.4 is 5.43 Å². The monoisotopic (exact) mass is 394 g/mol. The number of nitro groups is 1. The molecule has 1 saturated carbocycles. The molecule has 2 aliphatic rings. The zero-order chi connectivity index (χ0) is 19.6. The molecule has 8 nitrogen and oxygen atoms in total. The summed E-state index contributed by atoms with van der Waals surface area (Å²) in [6, 6.07) is 3.98. The maximum absolute atomic E-state index is 12.7. The van der Waals surface area contributed by atoms with Crippen LogP contribution >= 0.6 is 0 Å². The van der Waals surface area contributed by atoms with Gasteiger partial charge in [0.25, 0.3) is 5.69 Å². The lowest BCUT2D eigenvalue weighted by atomic mass is 9.81. The van der Waals surface area contributed by atoms with Crippen molar-refractivity contribution in [2.24, 2.45) is 16.9 Å². The zero-order valence-corrected chi connectivity index (χ0v) is 16.5. The first-order valence-corrected chi connectivity index (χ1v) is 10.9. The molecule has 1 saturated heterocycles. The second-order valence-electron chi connectivity index (χ2n) is 7.43. The highest BCUT2D eigenvalue weighted by Gasteiger charge is 2.30. The van der Waals surface area contributed by atoms with E-state index in [0.717, 1.165) is 43.9 Å². The number of nitro benzene ring substituents is 1. The SMILES string of the molecule is C[C@@H]1CCC[C@@H](C)C1=NNc1ccc(S(=O)(=O)N2CCCC2)cc1[N+](=O)[O-]. The molecule has 0 spiro atoms. The van der Waals surface area contributed by atoms with Crippen LogP contribution in [0.25, 0.3) is 0 Å². The fourth-order valence-corrected chi connectivity index (χ4v) is 5.39. The molecule has 0 bridgehead atoms. The summed E-state index contributed by atoms with van der Waals surface area (Å²) in [6.07, 6.45) is 4.90. The Kier molecular flexibility index (Phi) is 5.81. The molecular weight excluding hydrogens is 368 g/mol. The summed E-state index contributed by atoms with van der Waals surface area (Å²) in [5, 5.41) is 15.9. The van der Waals surface area contributed by atoms with Crippen LogP contribution in [0.5, 0.6) is 0 Å². The molecule has 0 unspecified atom stereocenters. The van der Waals surface area contributed by atoms with Crippen LogP contribution in [0.3, 0.4) is 0 Å². The summed E-state index contributed by atoms with van der Waals surface area (Å²) in [5.74, 6) is 0.658. The van der Waals surface area contributed by atoms with E-state index in [1.54, 1.807) is 0 Å². The number of hydrogen-bond donors (Lipinski definition) is 1. The third kappa shape index (κ3) is 4.14. The molecule has 0 amide bonds. The van der Waals surface area contributed by atoms with Crippen LogP contribution in [-0.2, 0) is 10.0 Å². The first-order chi connectivity index (χ1) is 12.8. The molecule has 0 radical (unpaired) electrons. The van der Waals surface area contributed by atoms with Crippen molar-refractivity contribution in [1.82, 2.24) is 4.31 Å². The summed E-state index contributed by atoms with van der Waals surface area (Å²) in [4.78, 5) is 10.9. The fraction of sp³-hybridized carbons (Fsp3) is 0.611. The number of anilines is 1. The Balaban J connectivity index is 1.89. The van der Waals surface area contributed by atoms with Crippen molar-refractivity contribution >= 4 is 27.1 Å². The third-order valence-corrected chi connectivity index (χ3v) is 7.35. The summed E-state index contributed by atoms with van der Waals surface area (Å²) in [7, 11) is -3.70. The Morgan fingerprint density at radius 2 is 1.78 bits per heavy atom. The lowest BCUT2D eigenvalue weighted by Crippen LogP contribution is -2.28. The van der Waals surface area contributed by atoms with E-state index < -0.39 is 14.9 Å². The van der Waals surface area contributed by atoms with Gasteiger partial charge in [-0.3, -0.25) is 15.5 Å².